The average Bonchev–Trinajstić information content (AvgIpc) is 3.11. The van der Waals surface area contributed by atoms with Crippen molar-refractivity contribution in [3.8, 4) is 28.6 Å². The fourth-order valence-electron chi connectivity index (χ4n) is 3.23. The predicted octanol–water partition coefficient (Wildman–Crippen LogP) is 1.33. The average molecular weight is 450 g/mol. The number of likely N-dealkylation sites (N-methyl/N-ethyl adjacent to an activating group) is 1. The molecule has 0 spiro atoms. The normalized spacial score (nSPS) is 15.4. The van der Waals surface area contributed by atoms with E-state index in [1.807, 2.05) is 0 Å². The lowest BCUT2D eigenvalue weighted by Crippen LogP contribution is -2.29. The van der Waals surface area contributed by atoms with Crippen LogP contribution in [0, 0.1) is 0 Å². The smallest absolute Gasteiger partial charge is 0.291 e. The second kappa shape index (κ2) is 9.07. The van der Waals surface area contributed by atoms with Crippen molar-refractivity contribution < 1.29 is 19.1 Å². The summed E-state index contributed by atoms with van der Waals surface area (Å²) in [4.78, 5) is 53.9. The summed E-state index contributed by atoms with van der Waals surface area (Å²) >= 11 is 0. The van der Waals surface area contributed by atoms with Crippen molar-refractivity contribution in [3.63, 3.8) is 0 Å². The molecule has 170 valence electrons. The SMILES string of the molecule is CN(C)C(=O)c1ncc(Oc2cc(OC3CCN(C)C3=O)cc(-c3nccc(=O)[nH]3)c2)cn1. The minimum absolute atomic E-state index is 0.0417. The number of H-pyrrole nitrogens is 1. The Morgan fingerprint density at radius 2 is 1.82 bits per heavy atom. The number of rotatable bonds is 6. The third-order valence-electron chi connectivity index (χ3n) is 4.94. The molecule has 0 aliphatic carbocycles. The van der Waals surface area contributed by atoms with Gasteiger partial charge in [-0.1, -0.05) is 0 Å². The van der Waals surface area contributed by atoms with E-state index in [9.17, 15) is 14.4 Å². The van der Waals surface area contributed by atoms with Crippen molar-refractivity contribution in [2.24, 2.45) is 0 Å². The number of benzene rings is 1. The Bertz CT molecular complexity index is 1240. The summed E-state index contributed by atoms with van der Waals surface area (Å²) in [6, 6.07) is 6.26. The number of carbonyl (C=O) groups excluding carboxylic acids is 2. The maximum Gasteiger partial charge on any atom is 0.291 e. The molecule has 1 aliphatic rings. The van der Waals surface area contributed by atoms with Crippen LogP contribution in [-0.2, 0) is 4.79 Å². The number of hydrogen-bond donors (Lipinski definition) is 1. The summed E-state index contributed by atoms with van der Waals surface area (Å²) in [5.41, 5.74) is 0.218. The fourth-order valence-corrected chi connectivity index (χ4v) is 3.23. The van der Waals surface area contributed by atoms with Crippen LogP contribution in [0.1, 0.15) is 17.0 Å². The van der Waals surface area contributed by atoms with Crippen LogP contribution >= 0.6 is 0 Å². The summed E-state index contributed by atoms with van der Waals surface area (Å²) in [5.74, 6) is 0.940. The summed E-state index contributed by atoms with van der Waals surface area (Å²) in [7, 11) is 4.94. The molecule has 33 heavy (non-hydrogen) atoms. The van der Waals surface area contributed by atoms with Gasteiger partial charge in [0, 0.05) is 58.0 Å². The minimum atomic E-state index is -0.611. The van der Waals surface area contributed by atoms with Crippen LogP contribution in [0.2, 0.25) is 0 Å². The van der Waals surface area contributed by atoms with Gasteiger partial charge in [-0.2, -0.15) is 0 Å². The number of likely N-dealkylation sites (tertiary alicyclic amines) is 1. The molecule has 1 saturated heterocycles. The monoisotopic (exact) mass is 450 g/mol. The van der Waals surface area contributed by atoms with E-state index in [0.29, 0.717) is 41.6 Å². The minimum Gasteiger partial charge on any atom is -0.480 e. The van der Waals surface area contributed by atoms with E-state index in [0.717, 1.165) is 0 Å². The first-order chi connectivity index (χ1) is 15.8. The molecule has 3 heterocycles. The van der Waals surface area contributed by atoms with E-state index in [1.165, 1.54) is 29.6 Å². The van der Waals surface area contributed by atoms with Crippen LogP contribution in [0.4, 0.5) is 0 Å². The van der Waals surface area contributed by atoms with Crippen molar-refractivity contribution in [1.82, 2.24) is 29.7 Å². The molecular weight excluding hydrogens is 428 g/mol. The second-order valence-corrected chi connectivity index (χ2v) is 7.67. The fraction of sp³-hybridized carbons (Fsp3) is 0.273. The molecule has 2 amide bonds. The predicted molar refractivity (Wildman–Crippen MR) is 117 cm³/mol. The summed E-state index contributed by atoms with van der Waals surface area (Å²) < 4.78 is 11.8. The Hall–Kier alpha value is -4.28. The summed E-state index contributed by atoms with van der Waals surface area (Å²) in [5, 5.41) is 0. The third kappa shape index (κ3) is 4.97. The highest BCUT2D eigenvalue weighted by molar-refractivity contribution is 5.90. The molecule has 1 atom stereocenters. The Kier molecular flexibility index (Phi) is 6.03. The third-order valence-corrected chi connectivity index (χ3v) is 4.94. The summed E-state index contributed by atoms with van der Waals surface area (Å²) in [6.07, 6.45) is 4.11. The quantitative estimate of drug-likeness (QED) is 0.595. The van der Waals surface area contributed by atoms with Gasteiger partial charge in [-0.3, -0.25) is 14.4 Å². The molecule has 1 N–H and O–H groups in total. The number of nitrogens with zero attached hydrogens (tertiary/aromatic N) is 5. The van der Waals surface area contributed by atoms with Crippen molar-refractivity contribution in [3.05, 3.63) is 59.0 Å². The van der Waals surface area contributed by atoms with Crippen LogP contribution in [0.5, 0.6) is 17.2 Å². The van der Waals surface area contributed by atoms with Crippen LogP contribution in [0.25, 0.3) is 11.4 Å². The number of aromatic amines is 1. The lowest BCUT2D eigenvalue weighted by molar-refractivity contribution is -0.132. The van der Waals surface area contributed by atoms with E-state index in [2.05, 4.69) is 19.9 Å². The number of carbonyl (C=O) groups is 2. The Labute approximate surface area is 189 Å². The molecule has 4 rings (SSSR count). The van der Waals surface area contributed by atoms with Gasteiger partial charge < -0.3 is 24.3 Å². The Morgan fingerprint density at radius 3 is 2.45 bits per heavy atom. The van der Waals surface area contributed by atoms with Gasteiger partial charge in [-0.15, -0.1) is 0 Å². The van der Waals surface area contributed by atoms with E-state index in [-0.39, 0.29) is 23.2 Å². The first-order valence-electron chi connectivity index (χ1n) is 10.1. The molecule has 3 aromatic rings. The molecule has 1 unspecified atom stereocenters. The zero-order valence-electron chi connectivity index (χ0n) is 18.3. The van der Waals surface area contributed by atoms with Crippen molar-refractivity contribution >= 4 is 11.8 Å². The van der Waals surface area contributed by atoms with Crippen LogP contribution in [0.15, 0.2) is 47.7 Å². The Balaban J connectivity index is 1.65. The molecular formula is C22H22N6O5. The Morgan fingerprint density at radius 1 is 1.09 bits per heavy atom. The zero-order chi connectivity index (χ0) is 23.5. The molecule has 11 heteroatoms. The maximum absolute atomic E-state index is 12.3. The van der Waals surface area contributed by atoms with Crippen LogP contribution in [-0.4, -0.2) is 75.3 Å². The van der Waals surface area contributed by atoms with Gasteiger partial charge in [-0.05, 0) is 12.1 Å². The van der Waals surface area contributed by atoms with Crippen molar-refractivity contribution in [2.75, 3.05) is 27.7 Å². The maximum atomic E-state index is 12.3. The molecule has 0 saturated carbocycles. The topological polar surface area (TPSA) is 131 Å². The van der Waals surface area contributed by atoms with Gasteiger partial charge in [-0.25, -0.2) is 15.0 Å². The molecule has 0 radical (unpaired) electrons. The number of ether oxygens (including phenoxy) is 2. The molecule has 1 aliphatic heterocycles. The zero-order valence-corrected chi connectivity index (χ0v) is 18.3. The van der Waals surface area contributed by atoms with Crippen LogP contribution < -0.4 is 15.0 Å². The van der Waals surface area contributed by atoms with Gasteiger partial charge in [0.05, 0.1) is 12.4 Å². The largest absolute Gasteiger partial charge is 0.480 e. The molecule has 0 bridgehead atoms. The van der Waals surface area contributed by atoms with Crippen molar-refractivity contribution in [1.29, 1.82) is 0 Å². The number of hydrogen-bond acceptors (Lipinski definition) is 8. The number of aromatic nitrogens is 4. The first kappa shape index (κ1) is 21.9. The second-order valence-electron chi connectivity index (χ2n) is 7.67. The molecule has 2 aromatic heterocycles. The highest BCUT2D eigenvalue weighted by Gasteiger charge is 2.31. The van der Waals surface area contributed by atoms with Gasteiger partial charge >= 0.3 is 0 Å². The van der Waals surface area contributed by atoms with Gasteiger partial charge in [0.2, 0.25) is 5.82 Å². The van der Waals surface area contributed by atoms with Gasteiger partial charge in [0.25, 0.3) is 17.4 Å². The lowest BCUT2D eigenvalue weighted by atomic mass is 10.1. The highest BCUT2D eigenvalue weighted by atomic mass is 16.5. The number of amides is 2. The number of nitrogens with one attached hydrogen (secondary N) is 1. The van der Waals surface area contributed by atoms with Crippen LogP contribution in [0.3, 0.4) is 0 Å². The van der Waals surface area contributed by atoms with E-state index < -0.39 is 6.10 Å². The van der Waals surface area contributed by atoms with E-state index in [4.69, 9.17) is 9.47 Å². The van der Waals surface area contributed by atoms with Gasteiger partial charge in [0.1, 0.15) is 17.3 Å². The lowest BCUT2D eigenvalue weighted by Gasteiger charge is -2.15. The molecule has 1 fully saturated rings. The standard InChI is InChI=1S/C22H22N6O5/c1-27(2)22(31)20-24-11-16(12-25-20)32-14-8-13(19-23-6-4-18(29)26-19)9-15(10-14)33-17-5-7-28(3)21(17)30/h4,6,8-12,17H,5,7H2,1-3H3,(H,23,26,29). The van der Waals surface area contributed by atoms with E-state index in [1.54, 1.807) is 44.2 Å². The highest BCUT2D eigenvalue weighted by Crippen LogP contribution is 2.32. The van der Waals surface area contributed by atoms with E-state index >= 15 is 0 Å². The molecule has 11 nitrogen and oxygen atoms in total. The van der Waals surface area contributed by atoms with Crippen molar-refractivity contribution in [2.45, 2.75) is 12.5 Å². The summed E-state index contributed by atoms with van der Waals surface area (Å²) in [6.45, 7) is 0.607. The first-order valence-corrected chi connectivity index (χ1v) is 10.1. The van der Waals surface area contributed by atoms with Gasteiger partial charge in [0.15, 0.2) is 11.9 Å². The molecule has 1 aromatic carbocycles.